The Balaban J connectivity index is 1.95. The van der Waals surface area contributed by atoms with Gasteiger partial charge in [0.05, 0.1) is 6.10 Å². The zero-order valence-corrected chi connectivity index (χ0v) is 10.0. The Morgan fingerprint density at radius 1 is 1.31 bits per heavy atom. The number of nitrogens with zero attached hydrogens (tertiary/aromatic N) is 1. The van der Waals surface area contributed by atoms with E-state index in [1.807, 2.05) is 0 Å². The lowest BCUT2D eigenvalue weighted by atomic mass is 10.1. The molecule has 0 spiro atoms. The Bertz CT molecular complexity index is 315. The smallest absolute Gasteiger partial charge is 0.0862 e. The Kier molecular flexibility index (Phi) is 3.93. The SMILES string of the molecule is CO[C@H]1CNC[C@@H]1N(C)Cc1ccccc1. The second kappa shape index (κ2) is 5.43. The van der Waals surface area contributed by atoms with Crippen molar-refractivity contribution in [3.05, 3.63) is 35.9 Å². The molecule has 0 amide bonds. The summed E-state index contributed by atoms with van der Waals surface area (Å²) in [5.74, 6) is 0. The maximum absolute atomic E-state index is 5.48. The first-order valence-electron chi connectivity index (χ1n) is 5.79. The lowest BCUT2D eigenvalue weighted by molar-refractivity contribution is 0.0518. The van der Waals surface area contributed by atoms with Gasteiger partial charge in [0.2, 0.25) is 0 Å². The normalized spacial score (nSPS) is 25.2. The zero-order chi connectivity index (χ0) is 11.4. The van der Waals surface area contributed by atoms with Gasteiger partial charge < -0.3 is 10.1 Å². The van der Waals surface area contributed by atoms with Gasteiger partial charge in [-0.05, 0) is 12.6 Å². The third kappa shape index (κ3) is 2.61. The molecular weight excluding hydrogens is 200 g/mol. The highest BCUT2D eigenvalue weighted by molar-refractivity contribution is 5.14. The molecular formula is C13H20N2O. The first kappa shape index (κ1) is 11.6. The maximum Gasteiger partial charge on any atom is 0.0862 e. The Morgan fingerprint density at radius 2 is 2.06 bits per heavy atom. The van der Waals surface area contributed by atoms with Crippen LogP contribution in [0.3, 0.4) is 0 Å². The van der Waals surface area contributed by atoms with E-state index in [-0.39, 0.29) is 0 Å². The number of methoxy groups -OCH3 is 1. The lowest BCUT2D eigenvalue weighted by Gasteiger charge is -2.28. The number of likely N-dealkylation sites (N-methyl/N-ethyl adjacent to an activating group) is 1. The van der Waals surface area contributed by atoms with Crippen molar-refractivity contribution in [1.82, 2.24) is 10.2 Å². The van der Waals surface area contributed by atoms with Gasteiger partial charge in [0.1, 0.15) is 0 Å². The van der Waals surface area contributed by atoms with Crippen molar-refractivity contribution >= 4 is 0 Å². The summed E-state index contributed by atoms with van der Waals surface area (Å²) in [4.78, 5) is 2.36. The van der Waals surface area contributed by atoms with Gasteiger partial charge in [-0.1, -0.05) is 30.3 Å². The predicted molar refractivity (Wildman–Crippen MR) is 65.4 cm³/mol. The average Bonchev–Trinajstić information content (AvgIpc) is 2.78. The van der Waals surface area contributed by atoms with E-state index in [2.05, 4.69) is 47.6 Å². The van der Waals surface area contributed by atoms with Crippen LogP contribution in [0.2, 0.25) is 0 Å². The van der Waals surface area contributed by atoms with Gasteiger partial charge in [0.25, 0.3) is 0 Å². The highest BCUT2D eigenvalue weighted by Gasteiger charge is 2.29. The van der Waals surface area contributed by atoms with Gasteiger partial charge in [-0.3, -0.25) is 4.90 Å². The monoisotopic (exact) mass is 220 g/mol. The van der Waals surface area contributed by atoms with Gasteiger partial charge in [-0.25, -0.2) is 0 Å². The molecule has 0 radical (unpaired) electrons. The first-order chi connectivity index (χ1) is 7.81. The Labute approximate surface area is 97.4 Å². The fourth-order valence-electron chi connectivity index (χ4n) is 2.31. The molecule has 1 saturated heterocycles. The van der Waals surface area contributed by atoms with Crippen molar-refractivity contribution in [3.63, 3.8) is 0 Å². The molecule has 1 aromatic rings. The standard InChI is InChI=1S/C13H20N2O/c1-15(10-11-6-4-3-5-7-11)12-8-14-9-13(12)16-2/h3-7,12-14H,8-10H2,1-2H3/t12-,13-/m0/s1. The van der Waals surface area contributed by atoms with E-state index in [4.69, 9.17) is 4.74 Å². The molecule has 0 unspecified atom stereocenters. The van der Waals surface area contributed by atoms with E-state index in [0.29, 0.717) is 12.1 Å². The van der Waals surface area contributed by atoms with Crippen LogP contribution in [-0.4, -0.2) is 44.3 Å². The van der Waals surface area contributed by atoms with E-state index >= 15 is 0 Å². The van der Waals surface area contributed by atoms with E-state index in [1.165, 1.54) is 5.56 Å². The molecule has 16 heavy (non-hydrogen) atoms. The lowest BCUT2D eigenvalue weighted by Crippen LogP contribution is -2.41. The number of ether oxygens (including phenoxy) is 1. The average molecular weight is 220 g/mol. The highest BCUT2D eigenvalue weighted by atomic mass is 16.5. The molecule has 88 valence electrons. The fourth-order valence-corrected chi connectivity index (χ4v) is 2.31. The molecule has 0 saturated carbocycles. The second-order valence-electron chi connectivity index (χ2n) is 4.40. The van der Waals surface area contributed by atoms with Gasteiger partial charge in [-0.15, -0.1) is 0 Å². The largest absolute Gasteiger partial charge is 0.378 e. The van der Waals surface area contributed by atoms with Crippen LogP contribution >= 0.6 is 0 Å². The van der Waals surface area contributed by atoms with Gasteiger partial charge >= 0.3 is 0 Å². The molecule has 3 nitrogen and oxygen atoms in total. The van der Waals surface area contributed by atoms with Crippen LogP contribution in [0, 0.1) is 0 Å². The number of hydrogen-bond acceptors (Lipinski definition) is 3. The molecule has 1 fully saturated rings. The van der Waals surface area contributed by atoms with Crippen LogP contribution in [0.25, 0.3) is 0 Å². The number of rotatable bonds is 4. The van der Waals surface area contributed by atoms with Crippen molar-refractivity contribution in [2.75, 3.05) is 27.2 Å². The summed E-state index contributed by atoms with van der Waals surface area (Å²) in [6.45, 7) is 2.95. The first-order valence-corrected chi connectivity index (χ1v) is 5.79. The Hall–Kier alpha value is -0.900. The molecule has 2 rings (SSSR count). The van der Waals surface area contributed by atoms with Crippen molar-refractivity contribution in [2.24, 2.45) is 0 Å². The minimum absolute atomic E-state index is 0.314. The van der Waals surface area contributed by atoms with Crippen LogP contribution in [-0.2, 0) is 11.3 Å². The van der Waals surface area contributed by atoms with Crippen molar-refractivity contribution in [2.45, 2.75) is 18.7 Å². The number of hydrogen-bond donors (Lipinski definition) is 1. The third-order valence-electron chi connectivity index (χ3n) is 3.27. The summed E-state index contributed by atoms with van der Waals surface area (Å²) in [7, 11) is 3.96. The predicted octanol–water partition coefficient (Wildman–Crippen LogP) is 1.11. The molecule has 0 aromatic heterocycles. The molecule has 1 heterocycles. The van der Waals surface area contributed by atoms with Crippen molar-refractivity contribution in [3.8, 4) is 0 Å². The second-order valence-corrected chi connectivity index (χ2v) is 4.40. The molecule has 1 N–H and O–H groups in total. The summed E-state index contributed by atoms with van der Waals surface area (Å²) in [5, 5.41) is 3.37. The summed E-state index contributed by atoms with van der Waals surface area (Å²) in [6.07, 6.45) is 0.314. The molecule has 3 heteroatoms. The van der Waals surface area contributed by atoms with Crippen LogP contribution in [0.5, 0.6) is 0 Å². The summed E-state index contributed by atoms with van der Waals surface area (Å²) >= 11 is 0. The minimum Gasteiger partial charge on any atom is -0.378 e. The molecule has 0 aliphatic carbocycles. The summed E-state index contributed by atoms with van der Waals surface area (Å²) in [6, 6.07) is 11.0. The highest BCUT2D eigenvalue weighted by Crippen LogP contribution is 2.13. The molecule has 1 aromatic carbocycles. The fraction of sp³-hybridized carbons (Fsp3) is 0.538. The van der Waals surface area contributed by atoms with Gasteiger partial charge in [0.15, 0.2) is 0 Å². The topological polar surface area (TPSA) is 24.5 Å². The van der Waals surface area contributed by atoms with Crippen LogP contribution < -0.4 is 5.32 Å². The Morgan fingerprint density at radius 3 is 2.75 bits per heavy atom. The minimum atomic E-state index is 0.314. The summed E-state index contributed by atoms with van der Waals surface area (Å²) < 4.78 is 5.48. The van der Waals surface area contributed by atoms with Crippen LogP contribution in [0.4, 0.5) is 0 Å². The molecule has 1 aliphatic heterocycles. The number of benzene rings is 1. The van der Waals surface area contributed by atoms with Crippen molar-refractivity contribution < 1.29 is 4.74 Å². The van der Waals surface area contributed by atoms with E-state index in [0.717, 1.165) is 19.6 Å². The quantitative estimate of drug-likeness (QED) is 0.822. The van der Waals surface area contributed by atoms with Crippen LogP contribution in [0.15, 0.2) is 30.3 Å². The van der Waals surface area contributed by atoms with E-state index in [9.17, 15) is 0 Å². The summed E-state index contributed by atoms with van der Waals surface area (Å²) in [5.41, 5.74) is 1.35. The third-order valence-corrected chi connectivity index (χ3v) is 3.27. The molecule has 2 atom stereocenters. The van der Waals surface area contributed by atoms with E-state index < -0.39 is 0 Å². The number of nitrogens with one attached hydrogen (secondary N) is 1. The zero-order valence-electron chi connectivity index (χ0n) is 10.0. The molecule has 1 aliphatic rings. The molecule has 0 bridgehead atoms. The van der Waals surface area contributed by atoms with Gasteiger partial charge in [0, 0.05) is 32.8 Å². The maximum atomic E-state index is 5.48. The van der Waals surface area contributed by atoms with Gasteiger partial charge in [-0.2, -0.15) is 0 Å². The van der Waals surface area contributed by atoms with Crippen molar-refractivity contribution in [1.29, 1.82) is 0 Å². The van der Waals surface area contributed by atoms with Crippen LogP contribution in [0.1, 0.15) is 5.56 Å². The van der Waals surface area contributed by atoms with E-state index in [1.54, 1.807) is 7.11 Å².